The van der Waals surface area contributed by atoms with Gasteiger partial charge in [-0.1, -0.05) is 12.1 Å². The summed E-state index contributed by atoms with van der Waals surface area (Å²) in [6.45, 7) is 6.86. The summed E-state index contributed by atoms with van der Waals surface area (Å²) in [6, 6.07) is 11.6. The third-order valence-corrected chi connectivity index (χ3v) is 4.00. The van der Waals surface area contributed by atoms with Crippen molar-refractivity contribution in [3.8, 4) is 17.1 Å². The van der Waals surface area contributed by atoms with Crippen molar-refractivity contribution in [1.29, 1.82) is 0 Å². The predicted molar refractivity (Wildman–Crippen MR) is 95.6 cm³/mol. The summed E-state index contributed by atoms with van der Waals surface area (Å²) < 4.78 is 17.2. The van der Waals surface area contributed by atoms with Crippen LogP contribution >= 0.6 is 0 Å². The van der Waals surface area contributed by atoms with Gasteiger partial charge < -0.3 is 18.8 Å². The van der Waals surface area contributed by atoms with Gasteiger partial charge in [0.15, 0.2) is 0 Å². The fraction of sp³-hybridized carbons (Fsp3) is 0.450. The molecular weight excluding hydrogens is 318 g/mol. The number of carbonyl (C=O) groups is 1. The van der Waals surface area contributed by atoms with Crippen LogP contribution in [-0.2, 0) is 4.74 Å². The molecule has 0 N–H and O–H groups in total. The molecule has 1 amide bonds. The molecule has 0 aliphatic carbocycles. The Labute approximate surface area is 148 Å². The number of para-hydroxylation sites is 1. The summed E-state index contributed by atoms with van der Waals surface area (Å²) in [5, 5.41) is 0. The van der Waals surface area contributed by atoms with E-state index in [-0.39, 0.29) is 12.2 Å². The van der Waals surface area contributed by atoms with Crippen molar-refractivity contribution in [1.82, 2.24) is 4.90 Å². The summed E-state index contributed by atoms with van der Waals surface area (Å²) in [7, 11) is 0. The molecule has 1 unspecified atom stereocenters. The van der Waals surface area contributed by atoms with Crippen LogP contribution in [0.3, 0.4) is 0 Å². The lowest BCUT2D eigenvalue weighted by Gasteiger charge is -2.34. The first-order chi connectivity index (χ1) is 11.9. The minimum Gasteiger partial charge on any atom is -0.488 e. The van der Waals surface area contributed by atoms with Crippen LogP contribution in [0.4, 0.5) is 4.79 Å². The fourth-order valence-electron chi connectivity index (χ4n) is 2.91. The van der Waals surface area contributed by atoms with Gasteiger partial charge in [0.2, 0.25) is 0 Å². The van der Waals surface area contributed by atoms with Gasteiger partial charge in [-0.3, -0.25) is 0 Å². The predicted octanol–water partition coefficient (Wildman–Crippen LogP) is 4.72. The first-order valence-corrected chi connectivity index (χ1v) is 8.70. The maximum absolute atomic E-state index is 12.3. The van der Waals surface area contributed by atoms with E-state index in [4.69, 9.17) is 13.9 Å². The Morgan fingerprint density at radius 3 is 2.72 bits per heavy atom. The second kappa shape index (κ2) is 7.21. The first kappa shape index (κ1) is 17.4. The van der Waals surface area contributed by atoms with Crippen LogP contribution < -0.4 is 4.74 Å². The SMILES string of the molecule is CC(C)(C)OC(=O)N1CCCC(Oc2ccccc2-c2ccco2)C1. The smallest absolute Gasteiger partial charge is 0.410 e. The molecule has 134 valence electrons. The van der Waals surface area contributed by atoms with Gasteiger partial charge in [0.05, 0.1) is 18.4 Å². The molecule has 0 saturated carbocycles. The van der Waals surface area contributed by atoms with E-state index in [9.17, 15) is 4.79 Å². The van der Waals surface area contributed by atoms with E-state index in [1.54, 1.807) is 11.2 Å². The monoisotopic (exact) mass is 343 g/mol. The topological polar surface area (TPSA) is 51.9 Å². The summed E-state index contributed by atoms with van der Waals surface area (Å²) >= 11 is 0. The normalized spacial score (nSPS) is 18.0. The van der Waals surface area contributed by atoms with Crippen molar-refractivity contribution >= 4 is 6.09 Å². The number of hydrogen-bond donors (Lipinski definition) is 0. The second-order valence-electron chi connectivity index (χ2n) is 7.28. The van der Waals surface area contributed by atoms with Crippen molar-refractivity contribution in [2.45, 2.75) is 45.3 Å². The van der Waals surface area contributed by atoms with Crippen LogP contribution in [0.1, 0.15) is 33.6 Å². The Kier molecular flexibility index (Phi) is 5.02. The third kappa shape index (κ3) is 4.56. The lowest BCUT2D eigenvalue weighted by atomic mass is 10.1. The average Bonchev–Trinajstić information content (AvgIpc) is 3.08. The maximum Gasteiger partial charge on any atom is 0.410 e. The number of benzene rings is 1. The highest BCUT2D eigenvalue weighted by atomic mass is 16.6. The molecule has 5 heteroatoms. The quantitative estimate of drug-likeness (QED) is 0.809. The molecule has 1 fully saturated rings. The molecule has 0 bridgehead atoms. The maximum atomic E-state index is 12.3. The van der Waals surface area contributed by atoms with Gasteiger partial charge >= 0.3 is 6.09 Å². The minimum atomic E-state index is -0.489. The number of furan rings is 1. The van der Waals surface area contributed by atoms with Gasteiger partial charge in [0.25, 0.3) is 0 Å². The Hall–Kier alpha value is -2.43. The Balaban J connectivity index is 1.69. The van der Waals surface area contributed by atoms with Gasteiger partial charge in [0, 0.05) is 6.54 Å². The number of likely N-dealkylation sites (tertiary alicyclic amines) is 1. The van der Waals surface area contributed by atoms with E-state index >= 15 is 0 Å². The molecule has 1 aliphatic heterocycles. The van der Waals surface area contributed by atoms with Crippen LogP contribution in [0.2, 0.25) is 0 Å². The molecule has 3 rings (SSSR count). The largest absolute Gasteiger partial charge is 0.488 e. The highest BCUT2D eigenvalue weighted by molar-refractivity contribution is 5.68. The summed E-state index contributed by atoms with van der Waals surface area (Å²) in [5.41, 5.74) is 0.429. The van der Waals surface area contributed by atoms with Crippen LogP contribution in [0.15, 0.2) is 47.1 Å². The zero-order valence-corrected chi connectivity index (χ0v) is 15.0. The van der Waals surface area contributed by atoms with E-state index in [0.29, 0.717) is 13.1 Å². The number of ether oxygens (including phenoxy) is 2. The molecule has 1 aliphatic rings. The van der Waals surface area contributed by atoms with Crippen LogP contribution in [0.5, 0.6) is 5.75 Å². The van der Waals surface area contributed by atoms with Gasteiger partial charge in [-0.2, -0.15) is 0 Å². The van der Waals surface area contributed by atoms with Gasteiger partial charge in [0.1, 0.15) is 23.2 Å². The van der Waals surface area contributed by atoms with Gasteiger partial charge in [-0.15, -0.1) is 0 Å². The lowest BCUT2D eigenvalue weighted by Crippen LogP contribution is -2.46. The zero-order valence-electron chi connectivity index (χ0n) is 15.0. The van der Waals surface area contributed by atoms with Crippen molar-refractivity contribution < 1.29 is 18.7 Å². The van der Waals surface area contributed by atoms with E-state index in [0.717, 1.165) is 29.9 Å². The van der Waals surface area contributed by atoms with Crippen LogP contribution in [-0.4, -0.2) is 35.8 Å². The fourth-order valence-corrected chi connectivity index (χ4v) is 2.91. The molecule has 5 nitrogen and oxygen atoms in total. The van der Waals surface area contributed by atoms with E-state index in [2.05, 4.69) is 0 Å². The summed E-state index contributed by atoms with van der Waals surface area (Å²) in [6.07, 6.45) is 3.12. The van der Waals surface area contributed by atoms with Gasteiger partial charge in [-0.25, -0.2) is 4.79 Å². The highest BCUT2D eigenvalue weighted by Crippen LogP contribution is 2.32. The molecule has 2 aromatic rings. The van der Waals surface area contributed by atoms with Crippen molar-refractivity contribution in [2.24, 2.45) is 0 Å². The first-order valence-electron chi connectivity index (χ1n) is 8.70. The minimum absolute atomic E-state index is 0.0580. The standard InChI is InChI=1S/C20H25NO4/c1-20(2,3)25-19(22)21-12-6-8-15(14-21)24-18-10-5-4-9-16(18)17-11-7-13-23-17/h4-5,7,9-11,13,15H,6,8,12,14H2,1-3H3. The van der Waals surface area contributed by atoms with E-state index in [1.807, 2.05) is 57.2 Å². The number of piperidine rings is 1. The highest BCUT2D eigenvalue weighted by Gasteiger charge is 2.29. The van der Waals surface area contributed by atoms with Crippen molar-refractivity contribution in [3.05, 3.63) is 42.7 Å². The number of carbonyl (C=O) groups excluding carboxylic acids is 1. The van der Waals surface area contributed by atoms with E-state index < -0.39 is 5.60 Å². The lowest BCUT2D eigenvalue weighted by molar-refractivity contribution is 0.00781. The van der Waals surface area contributed by atoms with E-state index in [1.165, 1.54) is 0 Å². The zero-order chi connectivity index (χ0) is 17.9. The number of hydrogen-bond acceptors (Lipinski definition) is 4. The number of amides is 1. The number of nitrogens with zero attached hydrogens (tertiary/aromatic N) is 1. The molecule has 1 aromatic heterocycles. The third-order valence-electron chi connectivity index (χ3n) is 4.00. The molecule has 25 heavy (non-hydrogen) atoms. The van der Waals surface area contributed by atoms with Crippen molar-refractivity contribution in [2.75, 3.05) is 13.1 Å². The Morgan fingerprint density at radius 1 is 1.20 bits per heavy atom. The Morgan fingerprint density at radius 2 is 2.00 bits per heavy atom. The van der Waals surface area contributed by atoms with Crippen LogP contribution in [0.25, 0.3) is 11.3 Å². The van der Waals surface area contributed by atoms with Crippen LogP contribution in [0, 0.1) is 0 Å². The van der Waals surface area contributed by atoms with Gasteiger partial charge in [-0.05, 0) is 57.9 Å². The van der Waals surface area contributed by atoms with Crippen molar-refractivity contribution in [3.63, 3.8) is 0 Å². The molecule has 2 heterocycles. The molecule has 1 saturated heterocycles. The Bertz CT molecular complexity index is 703. The summed E-state index contributed by atoms with van der Waals surface area (Å²) in [4.78, 5) is 14.0. The summed E-state index contributed by atoms with van der Waals surface area (Å²) in [5.74, 6) is 1.55. The molecule has 0 radical (unpaired) electrons. The molecule has 1 atom stereocenters. The second-order valence-corrected chi connectivity index (χ2v) is 7.28. The molecule has 1 aromatic carbocycles. The molecular formula is C20H25NO4. The average molecular weight is 343 g/mol. The molecule has 0 spiro atoms. The number of rotatable bonds is 3.